The van der Waals surface area contributed by atoms with Gasteiger partial charge < -0.3 is 18.9 Å². The number of methoxy groups -OCH3 is 2. The van der Waals surface area contributed by atoms with Crippen molar-refractivity contribution in [1.29, 1.82) is 0 Å². The van der Waals surface area contributed by atoms with Crippen LogP contribution in [0.5, 0.6) is 11.5 Å². The summed E-state index contributed by atoms with van der Waals surface area (Å²) in [7, 11) is 3.20. The molecular weight excluding hydrogens is 312 g/mol. The number of ether oxygens (including phenoxy) is 2. The molecule has 2 heterocycles. The predicted octanol–water partition coefficient (Wildman–Crippen LogP) is 3.60. The molecule has 0 fully saturated rings. The normalized spacial score (nSPS) is 10.9. The molecule has 0 radical (unpaired) electrons. The Hall–Kier alpha value is -1.95. The van der Waals surface area contributed by atoms with Crippen LogP contribution in [-0.4, -0.2) is 24.2 Å². The summed E-state index contributed by atoms with van der Waals surface area (Å²) >= 11 is 3.27. The second kappa shape index (κ2) is 4.62. The molecule has 0 unspecified atom stereocenters. The summed E-state index contributed by atoms with van der Waals surface area (Å²) in [6, 6.07) is 7.34. The van der Waals surface area contributed by atoms with Crippen LogP contribution in [0.25, 0.3) is 22.6 Å². The van der Waals surface area contributed by atoms with Crippen LogP contribution in [-0.2, 0) is 0 Å². The highest BCUT2D eigenvalue weighted by molar-refractivity contribution is 9.10. The van der Waals surface area contributed by atoms with Gasteiger partial charge in [-0.3, -0.25) is 0 Å². The van der Waals surface area contributed by atoms with Gasteiger partial charge >= 0.3 is 0 Å². The zero-order valence-electron chi connectivity index (χ0n) is 10.4. The Balaban J connectivity index is 2.15. The van der Waals surface area contributed by atoms with Gasteiger partial charge in [-0.2, -0.15) is 0 Å². The van der Waals surface area contributed by atoms with Crippen LogP contribution in [0.2, 0.25) is 0 Å². The Labute approximate surface area is 117 Å². The minimum Gasteiger partial charge on any atom is -0.493 e. The van der Waals surface area contributed by atoms with Crippen LogP contribution in [0.4, 0.5) is 0 Å². The van der Waals surface area contributed by atoms with Gasteiger partial charge in [-0.1, -0.05) is 0 Å². The van der Waals surface area contributed by atoms with Crippen molar-refractivity contribution in [2.24, 2.45) is 0 Å². The molecule has 6 heteroatoms. The third-order valence-electron chi connectivity index (χ3n) is 2.79. The van der Waals surface area contributed by atoms with Crippen molar-refractivity contribution in [2.75, 3.05) is 14.2 Å². The fraction of sp³-hybridized carbons (Fsp3) is 0.154. The van der Waals surface area contributed by atoms with Gasteiger partial charge in [0.2, 0.25) is 0 Å². The summed E-state index contributed by atoms with van der Waals surface area (Å²) in [4.78, 5) is 7.66. The van der Waals surface area contributed by atoms with Crippen molar-refractivity contribution >= 4 is 27.0 Å². The molecule has 0 saturated heterocycles. The molecule has 2 aromatic heterocycles. The van der Waals surface area contributed by atoms with Crippen LogP contribution in [0.3, 0.4) is 0 Å². The molecule has 19 heavy (non-hydrogen) atoms. The average Bonchev–Trinajstić information content (AvgIpc) is 3.02. The van der Waals surface area contributed by atoms with Crippen molar-refractivity contribution < 1.29 is 13.9 Å². The van der Waals surface area contributed by atoms with E-state index in [0.29, 0.717) is 27.8 Å². The number of halogens is 1. The largest absolute Gasteiger partial charge is 0.493 e. The molecule has 0 atom stereocenters. The highest BCUT2D eigenvalue weighted by Crippen LogP contribution is 2.33. The maximum Gasteiger partial charge on any atom is 0.174 e. The molecular formula is C13H11BrN2O3. The monoisotopic (exact) mass is 322 g/mol. The second-order valence-corrected chi connectivity index (χ2v) is 4.70. The first-order valence-corrected chi connectivity index (χ1v) is 6.38. The number of benzene rings is 1. The van der Waals surface area contributed by atoms with Gasteiger partial charge in [-0.05, 0) is 28.1 Å². The van der Waals surface area contributed by atoms with Crippen molar-refractivity contribution in [3.05, 3.63) is 28.9 Å². The van der Waals surface area contributed by atoms with Gasteiger partial charge in [0.1, 0.15) is 0 Å². The highest BCUT2D eigenvalue weighted by atomic mass is 79.9. The molecule has 0 aliphatic heterocycles. The van der Waals surface area contributed by atoms with E-state index in [2.05, 4.69) is 25.9 Å². The first kappa shape index (κ1) is 12.1. The summed E-state index contributed by atoms with van der Waals surface area (Å²) in [5.74, 6) is 2.64. The van der Waals surface area contributed by atoms with E-state index in [0.717, 1.165) is 11.0 Å². The van der Waals surface area contributed by atoms with Crippen molar-refractivity contribution in [1.82, 2.24) is 9.97 Å². The Kier molecular flexibility index (Phi) is 2.94. The van der Waals surface area contributed by atoms with Gasteiger partial charge in [0, 0.05) is 12.1 Å². The summed E-state index contributed by atoms with van der Waals surface area (Å²) in [6.45, 7) is 0. The first-order valence-electron chi connectivity index (χ1n) is 5.58. The molecule has 98 valence electrons. The first-order chi connectivity index (χ1) is 9.21. The number of hydrogen-bond donors (Lipinski definition) is 1. The number of nitrogens with one attached hydrogen (secondary N) is 1. The van der Waals surface area contributed by atoms with E-state index in [1.807, 2.05) is 24.3 Å². The number of fused-ring (bicyclic) bond motifs is 1. The summed E-state index contributed by atoms with van der Waals surface area (Å²) < 4.78 is 16.7. The Bertz CT molecular complexity index is 692. The van der Waals surface area contributed by atoms with Gasteiger partial charge in [0.15, 0.2) is 27.8 Å². The number of imidazole rings is 1. The SMILES string of the molecule is COc1cc2nc(-c3ccc(Br)o3)[nH]c2cc1OC. The lowest BCUT2D eigenvalue weighted by molar-refractivity contribution is 0.356. The minimum absolute atomic E-state index is 0.647. The van der Waals surface area contributed by atoms with Gasteiger partial charge in [-0.15, -0.1) is 0 Å². The number of aromatic nitrogens is 2. The van der Waals surface area contributed by atoms with E-state index in [4.69, 9.17) is 13.9 Å². The van der Waals surface area contributed by atoms with Crippen LogP contribution in [0.1, 0.15) is 0 Å². The summed E-state index contributed by atoms with van der Waals surface area (Å²) in [6.07, 6.45) is 0. The Morgan fingerprint density at radius 1 is 1.16 bits per heavy atom. The van der Waals surface area contributed by atoms with E-state index in [-0.39, 0.29) is 0 Å². The second-order valence-electron chi connectivity index (χ2n) is 3.91. The number of hydrogen-bond acceptors (Lipinski definition) is 4. The topological polar surface area (TPSA) is 60.3 Å². The van der Waals surface area contributed by atoms with Crippen molar-refractivity contribution in [2.45, 2.75) is 0 Å². The van der Waals surface area contributed by atoms with E-state index >= 15 is 0 Å². The van der Waals surface area contributed by atoms with Crippen molar-refractivity contribution in [3.8, 4) is 23.1 Å². The number of furan rings is 1. The highest BCUT2D eigenvalue weighted by Gasteiger charge is 2.12. The van der Waals surface area contributed by atoms with E-state index in [1.165, 1.54) is 0 Å². The molecule has 3 rings (SSSR count). The van der Waals surface area contributed by atoms with E-state index in [1.54, 1.807) is 14.2 Å². The van der Waals surface area contributed by atoms with Crippen LogP contribution in [0, 0.1) is 0 Å². The molecule has 0 spiro atoms. The summed E-state index contributed by atoms with van der Waals surface area (Å²) in [5.41, 5.74) is 1.65. The number of rotatable bonds is 3. The fourth-order valence-electron chi connectivity index (χ4n) is 1.90. The molecule has 0 amide bonds. The number of nitrogens with zero attached hydrogens (tertiary/aromatic N) is 1. The number of H-pyrrole nitrogens is 1. The molecule has 0 saturated carbocycles. The lowest BCUT2D eigenvalue weighted by Gasteiger charge is -2.06. The molecule has 0 aliphatic rings. The van der Waals surface area contributed by atoms with Crippen LogP contribution < -0.4 is 9.47 Å². The molecule has 1 N–H and O–H groups in total. The third-order valence-corrected chi connectivity index (χ3v) is 3.22. The number of aromatic amines is 1. The standard InChI is InChI=1S/C13H11BrN2O3/c1-17-10-5-7-8(6-11(10)18-2)16-13(15-7)9-3-4-12(14)19-9/h3-6H,1-2H3,(H,15,16). The van der Waals surface area contributed by atoms with Crippen molar-refractivity contribution in [3.63, 3.8) is 0 Å². The minimum atomic E-state index is 0.647. The van der Waals surface area contributed by atoms with Gasteiger partial charge in [-0.25, -0.2) is 4.98 Å². The lowest BCUT2D eigenvalue weighted by atomic mass is 10.3. The van der Waals surface area contributed by atoms with Crippen LogP contribution >= 0.6 is 15.9 Å². The Morgan fingerprint density at radius 3 is 2.53 bits per heavy atom. The molecule has 3 aromatic rings. The van der Waals surface area contributed by atoms with Crippen LogP contribution in [0.15, 0.2) is 33.4 Å². The lowest BCUT2D eigenvalue weighted by Crippen LogP contribution is -1.89. The fourth-order valence-corrected chi connectivity index (χ4v) is 2.20. The predicted molar refractivity (Wildman–Crippen MR) is 74.6 cm³/mol. The summed E-state index contributed by atoms with van der Waals surface area (Å²) in [5, 5.41) is 0. The van der Waals surface area contributed by atoms with E-state index in [9.17, 15) is 0 Å². The maximum absolute atomic E-state index is 5.47. The maximum atomic E-state index is 5.47. The smallest absolute Gasteiger partial charge is 0.174 e. The molecule has 0 aliphatic carbocycles. The molecule has 5 nitrogen and oxygen atoms in total. The van der Waals surface area contributed by atoms with E-state index < -0.39 is 0 Å². The Morgan fingerprint density at radius 2 is 1.89 bits per heavy atom. The zero-order chi connectivity index (χ0) is 13.4. The average molecular weight is 323 g/mol. The van der Waals surface area contributed by atoms with Gasteiger partial charge in [0.25, 0.3) is 0 Å². The molecule has 0 bridgehead atoms. The molecule has 1 aromatic carbocycles. The zero-order valence-corrected chi connectivity index (χ0v) is 11.9. The van der Waals surface area contributed by atoms with Gasteiger partial charge in [0.05, 0.1) is 25.3 Å². The third kappa shape index (κ3) is 2.08. The quantitative estimate of drug-likeness (QED) is 0.800.